The Labute approximate surface area is 175 Å². The number of nitrogens with one attached hydrogen (secondary N) is 1. The van der Waals surface area contributed by atoms with E-state index in [0.29, 0.717) is 30.4 Å². The predicted octanol–water partition coefficient (Wildman–Crippen LogP) is 3.39. The molecule has 1 unspecified atom stereocenters. The van der Waals surface area contributed by atoms with Gasteiger partial charge in [0.2, 0.25) is 11.8 Å². The van der Waals surface area contributed by atoms with Gasteiger partial charge in [0.05, 0.1) is 11.6 Å². The van der Waals surface area contributed by atoms with Gasteiger partial charge in [0, 0.05) is 24.7 Å². The minimum Gasteiger partial charge on any atom is -0.486 e. The molecule has 2 aromatic rings. The quantitative estimate of drug-likeness (QED) is 0.778. The zero-order valence-corrected chi connectivity index (χ0v) is 16.3. The molecule has 0 spiro atoms. The standard InChI is InChI=1S/C21H19F3N2O5/c22-21(23,24)12-31-16-4-2-1-3-15(16)25-20(28)13-9-19(27)26(11-13)14-5-6-17-18(10-14)30-8-7-29-17/h1-6,10,13H,7-9,11-12H2,(H,25,28). The van der Waals surface area contributed by atoms with Gasteiger partial charge in [-0.1, -0.05) is 12.1 Å². The third-order valence-corrected chi connectivity index (χ3v) is 4.87. The largest absolute Gasteiger partial charge is 0.486 e. The number of hydrogen-bond donors (Lipinski definition) is 1. The molecule has 10 heteroatoms. The van der Waals surface area contributed by atoms with Crippen molar-refractivity contribution in [1.29, 1.82) is 0 Å². The highest BCUT2D eigenvalue weighted by atomic mass is 19.4. The minimum absolute atomic E-state index is 0.0220. The Morgan fingerprint density at radius 1 is 1.13 bits per heavy atom. The number of anilines is 2. The molecule has 2 amide bonds. The molecule has 2 heterocycles. The molecule has 2 aromatic carbocycles. The van der Waals surface area contributed by atoms with Gasteiger partial charge < -0.3 is 24.4 Å². The van der Waals surface area contributed by atoms with Crippen molar-refractivity contribution in [3.8, 4) is 17.2 Å². The Bertz CT molecular complexity index is 995. The normalized spacial score (nSPS) is 18.1. The first-order valence-corrected chi connectivity index (χ1v) is 9.59. The lowest BCUT2D eigenvalue weighted by Crippen LogP contribution is -2.28. The van der Waals surface area contributed by atoms with Crippen molar-refractivity contribution in [3.63, 3.8) is 0 Å². The second kappa shape index (κ2) is 8.37. The number of ether oxygens (including phenoxy) is 3. The van der Waals surface area contributed by atoms with Gasteiger partial charge in [0.25, 0.3) is 0 Å². The van der Waals surface area contributed by atoms with Crippen LogP contribution in [0, 0.1) is 5.92 Å². The summed E-state index contributed by atoms with van der Waals surface area (Å²) in [6.45, 7) is -0.480. The average molecular weight is 436 g/mol. The van der Waals surface area contributed by atoms with Crippen molar-refractivity contribution in [2.75, 3.05) is 36.6 Å². The van der Waals surface area contributed by atoms with Gasteiger partial charge in [-0.05, 0) is 24.3 Å². The number of benzene rings is 2. The Balaban J connectivity index is 1.43. The van der Waals surface area contributed by atoms with Gasteiger partial charge in [0.1, 0.15) is 19.0 Å². The molecule has 1 atom stereocenters. The summed E-state index contributed by atoms with van der Waals surface area (Å²) in [5.74, 6) is -0.362. The molecule has 0 aromatic heterocycles. The summed E-state index contributed by atoms with van der Waals surface area (Å²) in [6, 6.07) is 11.0. The summed E-state index contributed by atoms with van der Waals surface area (Å²) in [6.07, 6.45) is -4.52. The minimum atomic E-state index is -4.50. The fourth-order valence-electron chi connectivity index (χ4n) is 3.42. The smallest absolute Gasteiger partial charge is 0.422 e. The van der Waals surface area contributed by atoms with Gasteiger partial charge in [0.15, 0.2) is 18.1 Å². The van der Waals surface area contributed by atoms with Crippen molar-refractivity contribution >= 4 is 23.2 Å². The molecule has 31 heavy (non-hydrogen) atoms. The van der Waals surface area contributed by atoms with Gasteiger partial charge in [-0.25, -0.2) is 0 Å². The monoisotopic (exact) mass is 436 g/mol. The number of halogens is 3. The van der Waals surface area contributed by atoms with Crippen LogP contribution in [0.1, 0.15) is 6.42 Å². The van der Waals surface area contributed by atoms with E-state index >= 15 is 0 Å². The van der Waals surface area contributed by atoms with E-state index in [-0.39, 0.29) is 30.3 Å². The lowest BCUT2D eigenvalue weighted by atomic mass is 10.1. The number of rotatable bonds is 5. The molecule has 4 rings (SSSR count). The van der Waals surface area contributed by atoms with Crippen LogP contribution in [-0.4, -0.2) is 44.4 Å². The molecular formula is C21H19F3N2O5. The van der Waals surface area contributed by atoms with E-state index in [0.717, 1.165) is 0 Å². The molecule has 0 aliphatic carbocycles. The Morgan fingerprint density at radius 3 is 2.65 bits per heavy atom. The highest BCUT2D eigenvalue weighted by Gasteiger charge is 2.36. The van der Waals surface area contributed by atoms with E-state index in [2.05, 4.69) is 5.32 Å². The van der Waals surface area contributed by atoms with Crippen LogP contribution in [0.3, 0.4) is 0 Å². The first-order chi connectivity index (χ1) is 14.8. The maximum absolute atomic E-state index is 12.7. The number of nitrogens with zero attached hydrogens (tertiary/aromatic N) is 1. The summed E-state index contributed by atoms with van der Waals surface area (Å²) in [5, 5.41) is 2.58. The van der Waals surface area contributed by atoms with Crippen LogP contribution in [0.15, 0.2) is 42.5 Å². The highest BCUT2D eigenvalue weighted by molar-refractivity contribution is 6.04. The molecule has 1 fully saturated rings. The summed E-state index contributed by atoms with van der Waals surface area (Å²) < 4.78 is 53.2. The first-order valence-electron chi connectivity index (χ1n) is 9.59. The third-order valence-electron chi connectivity index (χ3n) is 4.87. The van der Waals surface area contributed by atoms with E-state index in [1.54, 1.807) is 24.3 Å². The van der Waals surface area contributed by atoms with Gasteiger partial charge in [-0.2, -0.15) is 13.2 Å². The average Bonchev–Trinajstić information content (AvgIpc) is 3.14. The van der Waals surface area contributed by atoms with Gasteiger partial charge >= 0.3 is 6.18 Å². The number of para-hydroxylation sites is 2. The molecule has 1 N–H and O–H groups in total. The maximum Gasteiger partial charge on any atom is 0.422 e. The van der Waals surface area contributed by atoms with E-state index in [1.807, 2.05) is 0 Å². The van der Waals surface area contributed by atoms with E-state index < -0.39 is 24.6 Å². The van der Waals surface area contributed by atoms with Crippen molar-refractivity contribution in [2.45, 2.75) is 12.6 Å². The lowest BCUT2D eigenvalue weighted by Gasteiger charge is -2.22. The molecule has 2 aliphatic rings. The third kappa shape index (κ3) is 4.84. The SMILES string of the molecule is O=C(Nc1ccccc1OCC(F)(F)F)C1CC(=O)N(c2ccc3c(c2)OCCO3)C1. The molecule has 2 aliphatic heterocycles. The molecular weight excluding hydrogens is 417 g/mol. The summed E-state index contributed by atoms with van der Waals surface area (Å²) in [5.41, 5.74) is 0.695. The van der Waals surface area contributed by atoms with E-state index in [1.165, 1.54) is 23.1 Å². The van der Waals surface area contributed by atoms with Crippen LogP contribution in [0.2, 0.25) is 0 Å². The summed E-state index contributed by atoms with van der Waals surface area (Å²) in [4.78, 5) is 26.7. The number of fused-ring (bicyclic) bond motifs is 1. The highest BCUT2D eigenvalue weighted by Crippen LogP contribution is 2.36. The van der Waals surface area contributed by atoms with Gasteiger partial charge in [-0.15, -0.1) is 0 Å². The number of amides is 2. The predicted molar refractivity (Wildman–Crippen MR) is 105 cm³/mol. The van der Waals surface area contributed by atoms with Crippen molar-refractivity contribution in [3.05, 3.63) is 42.5 Å². The van der Waals surface area contributed by atoms with Crippen LogP contribution in [0.5, 0.6) is 17.2 Å². The lowest BCUT2D eigenvalue weighted by molar-refractivity contribution is -0.153. The molecule has 1 saturated heterocycles. The zero-order chi connectivity index (χ0) is 22.0. The number of carbonyl (C=O) groups is 2. The molecule has 0 saturated carbocycles. The Kier molecular flexibility index (Phi) is 5.62. The number of carbonyl (C=O) groups excluding carboxylic acids is 2. The van der Waals surface area contributed by atoms with Crippen LogP contribution in [0.4, 0.5) is 24.5 Å². The molecule has 0 bridgehead atoms. The van der Waals surface area contributed by atoms with Gasteiger partial charge in [-0.3, -0.25) is 9.59 Å². The summed E-state index contributed by atoms with van der Waals surface area (Å²) >= 11 is 0. The van der Waals surface area contributed by atoms with Crippen LogP contribution >= 0.6 is 0 Å². The number of hydrogen-bond acceptors (Lipinski definition) is 5. The van der Waals surface area contributed by atoms with Crippen molar-refractivity contribution in [2.24, 2.45) is 5.92 Å². The first kappa shape index (κ1) is 20.8. The Morgan fingerprint density at radius 2 is 1.87 bits per heavy atom. The summed E-state index contributed by atoms with van der Waals surface area (Å²) in [7, 11) is 0. The topological polar surface area (TPSA) is 77.1 Å². The fourth-order valence-corrected chi connectivity index (χ4v) is 3.42. The van der Waals surface area contributed by atoms with Crippen LogP contribution in [0.25, 0.3) is 0 Å². The second-order valence-electron chi connectivity index (χ2n) is 7.12. The second-order valence-corrected chi connectivity index (χ2v) is 7.12. The molecule has 164 valence electrons. The maximum atomic E-state index is 12.7. The van der Waals surface area contributed by atoms with E-state index in [4.69, 9.17) is 14.2 Å². The number of alkyl halides is 3. The Hall–Kier alpha value is -3.43. The van der Waals surface area contributed by atoms with Crippen molar-refractivity contribution < 1.29 is 37.0 Å². The molecule has 0 radical (unpaired) electrons. The zero-order valence-electron chi connectivity index (χ0n) is 16.3. The fraction of sp³-hybridized carbons (Fsp3) is 0.333. The van der Waals surface area contributed by atoms with E-state index in [9.17, 15) is 22.8 Å². The van der Waals surface area contributed by atoms with Crippen LogP contribution < -0.4 is 24.4 Å². The van der Waals surface area contributed by atoms with Crippen LogP contribution in [-0.2, 0) is 9.59 Å². The van der Waals surface area contributed by atoms with Crippen molar-refractivity contribution in [1.82, 2.24) is 0 Å². The molecule has 7 nitrogen and oxygen atoms in total.